The van der Waals surface area contributed by atoms with Crippen LogP contribution < -0.4 is 5.32 Å². The SMILES string of the molecule is CCOC(=O)[C@@H](Cc1ccccc1O)Nc1ncnc2oc(-c3ccc(F)cc3)c(Br)c12. The lowest BCUT2D eigenvalue weighted by Crippen LogP contribution is -2.34. The Morgan fingerprint density at radius 2 is 1.97 bits per heavy atom. The molecule has 0 bridgehead atoms. The molecule has 0 fully saturated rings. The number of furan rings is 1. The first-order valence-corrected chi connectivity index (χ1v) is 10.7. The van der Waals surface area contributed by atoms with Crippen molar-refractivity contribution in [3.63, 3.8) is 0 Å². The fraction of sp³-hybridized carbons (Fsp3) is 0.174. The third kappa shape index (κ3) is 4.43. The van der Waals surface area contributed by atoms with Gasteiger partial charge in [0.1, 0.15) is 29.8 Å². The quantitative estimate of drug-likeness (QED) is 0.342. The van der Waals surface area contributed by atoms with Gasteiger partial charge >= 0.3 is 5.97 Å². The molecule has 0 unspecified atom stereocenters. The molecular weight excluding hydrogens is 481 g/mol. The van der Waals surface area contributed by atoms with E-state index in [4.69, 9.17) is 9.15 Å². The van der Waals surface area contributed by atoms with Crippen LogP contribution in [0.3, 0.4) is 0 Å². The van der Waals surface area contributed by atoms with Crippen LogP contribution in [0.15, 0.2) is 63.7 Å². The highest BCUT2D eigenvalue weighted by atomic mass is 79.9. The van der Waals surface area contributed by atoms with Crippen molar-refractivity contribution < 1.29 is 23.4 Å². The predicted octanol–water partition coefficient (Wildman–Crippen LogP) is 5.08. The fourth-order valence-electron chi connectivity index (χ4n) is 3.30. The summed E-state index contributed by atoms with van der Waals surface area (Å²) in [4.78, 5) is 21.1. The minimum atomic E-state index is -0.822. The Labute approximate surface area is 191 Å². The molecule has 0 spiro atoms. The number of nitrogens with one attached hydrogen (secondary N) is 1. The zero-order chi connectivity index (χ0) is 22.7. The molecule has 7 nitrogen and oxygen atoms in total. The lowest BCUT2D eigenvalue weighted by molar-refractivity contribution is -0.144. The van der Waals surface area contributed by atoms with Crippen LogP contribution in [-0.4, -0.2) is 33.7 Å². The number of nitrogens with zero attached hydrogens (tertiary/aromatic N) is 2. The minimum absolute atomic E-state index is 0.0829. The highest BCUT2D eigenvalue weighted by molar-refractivity contribution is 9.10. The Kier molecular flexibility index (Phi) is 6.36. The van der Waals surface area contributed by atoms with Crippen molar-refractivity contribution in [3.8, 4) is 17.1 Å². The number of benzene rings is 2. The molecule has 0 radical (unpaired) electrons. The molecule has 2 N–H and O–H groups in total. The Morgan fingerprint density at radius 1 is 1.22 bits per heavy atom. The number of para-hydroxylation sites is 1. The number of carbonyl (C=O) groups is 1. The molecule has 164 valence electrons. The van der Waals surface area contributed by atoms with E-state index in [-0.39, 0.29) is 24.6 Å². The number of aromatic hydroxyl groups is 1. The van der Waals surface area contributed by atoms with Gasteiger partial charge in [-0.15, -0.1) is 0 Å². The highest BCUT2D eigenvalue weighted by Gasteiger charge is 2.25. The third-order valence-electron chi connectivity index (χ3n) is 4.83. The van der Waals surface area contributed by atoms with E-state index in [1.165, 1.54) is 18.5 Å². The first-order chi connectivity index (χ1) is 15.5. The van der Waals surface area contributed by atoms with Crippen molar-refractivity contribution >= 4 is 38.8 Å². The van der Waals surface area contributed by atoms with E-state index in [1.807, 2.05) is 0 Å². The van der Waals surface area contributed by atoms with Gasteiger partial charge in [0, 0.05) is 12.0 Å². The number of anilines is 1. The minimum Gasteiger partial charge on any atom is -0.508 e. The van der Waals surface area contributed by atoms with Crippen LogP contribution in [0.2, 0.25) is 0 Å². The highest BCUT2D eigenvalue weighted by Crippen LogP contribution is 2.39. The molecule has 0 aliphatic rings. The molecule has 2 aromatic carbocycles. The summed E-state index contributed by atoms with van der Waals surface area (Å²) in [6.07, 6.45) is 1.49. The smallest absolute Gasteiger partial charge is 0.328 e. The van der Waals surface area contributed by atoms with Crippen LogP contribution in [0.5, 0.6) is 5.75 Å². The summed E-state index contributed by atoms with van der Waals surface area (Å²) in [5, 5.41) is 13.8. The van der Waals surface area contributed by atoms with Crippen molar-refractivity contribution in [1.82, 2.24) is 9.97 Å². The van der Waals surface area contributed by atoms with Crippen molar-refractivity contribution in [3.05, 3.63) is 70.7 Å². The number of phenolic OH excluding ortho intramolecular Hbond substituents is 1. The summed E-state index contributed by atoms with van der Waals surface area (Å²) >= 11 is 3.53. The Morgan fingerprint density at radius 3 is 2.69 bits per heavy atom. The van der Waals surface area contributed by atoms with Gasteiger partial charge in [0.2, 0.25) is 5.71 Å². The molecule has 0 saturated heterocycles. The van der Waals surface area contributed by atoms with Gasteiger partial charge in [-0.1, -0.05) is 18.2 Å². The standard InChI is InChI=1S/C23H19BrFN3O4/c1-2-31-23(30)16(11-14-5-3-4-6-17(14)29)28-21-18-19(24)20(32-22(18)27-12-26-21)13-7-9-15(25)10-8-13/h3-10,12,16,29H,2,11H2,1H3,(H,26,27,28)/t16-/m1/s1. The van der Waals surface area contributed by atoms with E-state index in [9.17, 15) is 14.3 Å². The number of halogens is 2. The van der Waals surface area contributed by atoms with Gasteiger partial charge in [-0.2, -0.15) is 0 Å². The van der Waals surface area contributed by atoms with Gasteiger partial charge < -0.3 is 19.6 Å². The van der Waals surface area contributed by atoms with E-state index < -0.39 is 12.0 Å². The second kappa shape index (κ2) is 9.35. The van der Waals surface area contributed by atoms with Crippen LogP contribution in [0, 0.1) is 5.82 Å². The topological polar surface area (TPSA) is 97.5 Å². The van der Waals surface area contributed by atoms with Crippen LogP contribution in [-0.2, 0) is 16.0 Å². The Balaban J connectivity index is 1.72. The van der Waals surface area contributed by atoms with E-state index in [0.717, 1.165) is 0 Å². The Bertz CT molecular complexity index is 1260. The number of hydrogen-bond acceptors (Lipinski definition) is 7. The lowest BCUT2D eigenvalue weighted by atomic mass is 10.0. The number of phenols is 1. The zero-order valence-electron chi connectivity index (χ0n) is 17.0. The van der Waals surface area contributed by atoms with Crippen molar-refractivity contribution in [1.29, 1.82) is 0 Å². The van der Waals surface area contributed by atoms with Gasteiger partial charge in [0.25, 0.3) is 0 Å². The van der Waals surface area contributed by atoms with Crippen LogP contribution >= 0.6 is 15.9 Å². The largest absolute Gasteiger partial charge is 0.508 e. The molecule has 9 heteroatoms. The second-order valence-electron chi connectivity index (χ2n) is 6.94. The molecular formula is C23H19BrFN3O4. The number of rotatable bonds is 7. The number of fused-ring (bicyclic) bond motifs is 1. The van der Waals surface area contributed by atoms with Gasteiger partial charge in [0.15, 0.2) is 5.76 Å². The van der Waals surface area contributed by atoms with E-state index in [2.05, 4.69) is 31.2 Å². The summed E-state index contributed by atoms with van der Waals surface area (Å²) in [6, 6.07) is 11.8. The van der Waals surface area contributed by atoms with Crippen LogP contribution in [0.1, 0.15) is 12.5 Å². The maximum absolute atomic E-state index is 13.3. The molecule has 2 heterocycles. The van der Waals surface area contributed by atoms with Crippen molar-refractivity contribution in [2.24, 2.45) is 0 Å². The lowest BCUT2D eigenvalue weighted by Gasteiger charge is -2.18. The van der Waals surface area contributed by atoms with Crippen LogP contribution in [0.25, 0.3) is 22.4 Å². The number of ether oxygens (including phenoxy) is 1. The maximum atomic E-state index is 13.3. The first-order valence-electron chi connectivity index (χ1n) is 9.87. The van der Waals surface area contributed by atoms with Crippen molar-refractivity contribution in [2.75, 3.05) is 11.9 Å². The zero-order valence-corrected chi connectivity index (χ0v) is 18.6. The number of aromatic nitrogens is 2. The molecule has 2 aromatic heterocycles. The summed E-state index contributed by atoms with van der Waals surface area (Å²) in [5.41, 5.74) is 1.53. The fourth-order valence-corrected chi connectivity index (χ4v) is 3.97. The normalized spacial score (nSPS) is 12.0. The average molecular weight is 500 g/mol. The third-order valence-corrected chi connectivity index (χ3v) is 5.59. The number of hydrogen-bond donors (Lipinski definition) is 2. The van der Waals surface area contributed by atoms with E-state index in [1.54, 1.807) is 43.3 Å². The van der Waals surface area contributed by atoms with E-state index >= 15 is 0 Å². The Hall–Kier alpha value is -3.46. The molecule has 1 atom stereocenters. The summed E-state index contributed by atoms with van der Waals surface area (Å²) < 4.78 is 25.0. The summed E-state index contributed by atoms with van der Waals surface area (Å²) in [6.45, 7) is 1.93. The first kappa shape index (κ1) is 21.8. The van der Waals surface area contributed by atoms with Gasteiger partial charge in [0.05, 0.1) is 16.5 Å². The predicted molar refractivity (Wildman–Crippen MR) is 121 cm³/mol. The number of carbonyl (C=O) groups excluding carboxylic acids is 1. The second-order valence-corrected chi connectivity index (χ2v) is 7.73. The van der Waals surface area contributed by atoms with Gasteiger partial charge in [-0.25, -0.2) is 19.2 Å². The maximum Gasteiger partial charge on any atom is 0.328 e. The monoisotopic (exact) mass is 499 g/mol. The molecule has 4 rings (SSSR count). The van der Waals surface area contributed by atoms with Gasteiger partial charge in [-0.3, -0.25) is 0 Å². The molecule has 4 aromatic rings. The molecule has 0 amide bonds. The molecule has 0 aliphatic heterocycles. The average Bonchev–Trinajstić information content (AvgIpc) is 3.13. The van der Waals surface area contributed by atoms with Crippen molar-refractivity contribution in [2.45, 2.75) is 19.4 Å². The van der Waals surface area contributed by atoms with Crippen LogP contribution in [0.4, 0.5) is 10.2 Å². The molecule has 0 saturated carbocycles. The number of esters is 1. The summed E-state index contributed by atoms with van der Waals surface area (Å²) in [7, 11) is 0. The summed E-state index contributed by atoms with van der Waals surface area (Å²) in [5.74, 6) is 0.0504. The van der Waals surface area contributed by atoms with Gasteiger partial charge in [-0.05, 0) is 58.7 Å². The molecule has 32 heavy (non-hydrogen) atoms. The molecule has 0 aliphatic carbocycles. The van der Waals surface area contributed by atoms with E-state index in [0.29, 0.717) is 38.3 Å².